The third-order valence-corrected chi connectivity index (χ3v) is 6.07. The highest BCUT2D eigenvalue weighted by atomic mass is 127. The van der Waals surface area contributed by atoms with E-state index >= 15 is 0 Å². The van der Waals surface area contributed by atoms with Gasteiger partial charge in [0.25, 0.3) is 5.01 Å². The molecule has 0 spiro atoms. The van der Waals surface area contributed by atoms with Crippen LogP contribution in [0.25, 0.3) is 23.4 Å². The van der Waals surface area contributed by atoms with E-state index in [9.17, 15) is 0 Å². The zero-order valence-electron chi connectivity index (χ0n) is 16.7. The number of hydrogen-bond acceptors (Lipinski definition) is 2. The number of anilines is 1. The van der Waals surface area contributed by atoms with Gasteiger partial charge in [-0.3, -0.25) is 0 Å². The van der Waals surface area contributed by atoms with Gasteiger partial charge in [0, 0.05) is 30.1 Å². The normalized spacial score (nSPS) is 14.1. The quantitative estimate of drug-likeness (QED) is 0.397. The Labute approximate surface area is 188 Å². The fraction of sp³-hybridized carbons (Fsp3) is 0.208. The Kier molecular flexibility index (Phi) is 6.40. The molecule has 28 heavy (non-hydrogen) atoms. The van der Waals surface area contributed by atoms with Crippen molar-refractivity contribution in [1.29, 1.82) is 0 Å². The summed E-state index contributed by atoms with van der Waals surface area (Å²) in [5.74, 6) is 0. The number of hydrogen-bond donors (Lipinski definition) is 0. The van der Waals surface area contributed by atoms with E-state index in [4.69, 9.17) is 0 Å². The Bertz CT molecular complexity index is 1040. The minimum atomic E-state index is 0. The Morgan fingerprint density at radius 1 is 1.00 bits per heavy atom. The molecule has 2 heterocycles. The Balaban J connectivity index is 0.00000225. The fourth-order valence-corrected chi connectivity index (χ4v) is 4.60. The minimum Gasteiger partial charge on any atom is -1.00 e. The van der Waals surface area contributed by atoms with E-state index in [1.54, 1.807) is 11.3 Å². The molecule has 0 N–H and O–H groups in total. The lowest BCUT2D eigenvalue weighted by atomic mass is 10.0. The van der Waals surface area contributed by atoms with Crippen molar-refractivity contribution in [3.63, 3.8) is 0 Å². The highest BCUT2D eigenvalue weighted by Crippen LogP contribution is 2.31. The first-order valence-corrected chi connectivity index (χ1v) is 10.3. The summed E-state index contributed by atoms with van der Waals surface area (Å²) in [7, 11) is 2.15. The molecule has 0 radical (unpaired) electrons. The number of thiazole rings is 1. The second-order valence-corrected chi connectivity index (χ2v) is 7.98. The maximum atomic E-state index is 2.40. The standard InChI is InChI=1S/C24H25N2S.HI/c1-5-26-23(19-9-6-17(2)7-10-19)16-27-24(26)15-21-12-11-20-14-18(3)8-13-22(20)25(21)4;/h6-16H,5H2,1-4H3;1H/q+1;/p-1. The van der Waals surface area contributed by atoms with Gasteiger partial charge in [-0.2, -0.15) is 4.57 Å². The smallest absolute Gasteiger partial charge is 0.264 e. The number of benzene rings is 2. The number of likely N-dealkylation sites (N-methyl/N-ethyl adjacent to an activating group) is 1. The van der Waals surface area contributed by atoms with Crippen LogP contribution in [-0.4, -0.2) is 7.05 Å². The van der Waals surface area contributed by atoms with Gasteiger partial charge in [-0.15, -0.1) is 0 Å². The number of allylic oxidation sites excluding steroid dienone is 1. The molecule has 0 saturated heterocycles. The average Bonchev–Trinajstić information content (AvgIpc) is 3.07. The van der Waals surface area contributed by atoms with Crippen LogP contribution in [0, 0.1) is 13.8 Å². The summed E-state index contributed by atoms with van der Waals surface area (Å²) < 4.78 is 2.40. The van der Waals surface area contributed by atoms with Crippen molar-refractivity contribution in [3.8, 4) is 11.3 Å². The van der Waals surface area contributed by atoms with Gasteiger partial charge in [-0.25, -0.2) is 0 Å². The topological polar surface area (TPSA) is 7.12 Å². The number of halogens is 1. The van der Waals surface area contributed by atoms with Crippen LogP contribution in [0.1, 0.15) is 28.6 Å². The van der Waals surface area contributed by atoms with E-state index in [-0.39, 0.29) is 24.0 Å². The molecule has 0 unspecified atom stereocenters. The number of aromatic nitrogens is 1. The molecule has 3 aromatic rings. The predicted octanol–water partition coefficient (Wildman–Crippen LogP) is 2.85. The number of aryl methyl sites for hydroxylation is 2. The molecule has 0 bridgehead atoms. The monoisotopic (exact) mass is 500 g/mol. The van der Waals surface area contributed by atoms with Gasteiger partial charge in [0.05, 0.1) is 5.38 Å². The van der Waals surface area contributed by atoms with Crippen molar-refractivity contribution < 1.29 is 28.5 Å². The van der Waals surface area contributed by atoms with Crippen LogP contribution in [0.4, 0.5) is 5.69 Å². The van der Waals surface area contributed by atoms with Gasteiger partial charge in [0.15, 0.2) is 0 Å². The molecule has 2 nitrogen and oxygen atoms in total. The second kappa shape index (κ2) is 8.62. The summed E-state index contributed by atoms with van der Waals surface area (Å²) in [4.78, 5) is 2.28. The van der Waals surface area contributed by atoms with Crippen molar-refractivity contribution in [2.75, 3.05) is 11.9 Å². The molecule has 2 aromatic carbocycles. The molecule has 0 amide bonds. The molecule has 0 aliphatic carbocycles. The van der Waals surface area contributed by atoms with Crippen LogP contribution >= 0.6 is 11.3 Å². The van der Waals surface area contributed by atoms with Crippen LogP contribution in [0.2, 0.25) is 0 Å². The minimum absolute atomic E-state index is 0. The maximum Gasteiger partial charge on any atom is 0.264 e. The molecule has 1 aromatic heterocycles. The fourth-order valence-electron chi connectivity index (χ4n) is 3.56. The summed E-state index contributed by atoms with van der Waals surface area (Å²) in [6.45, 7) is 7.44. The Morgan fingerprint density at radius 2 is 1.71 bits per heavy atom. The molecule has 0 fully saturated rings. The summed E-state index contributed by atoms with van der Waals surface area (Å²) in [6.07, 6.45) is 6.73. The second-order valence-electron chi connectivity index (χ2n) is 7.09. The lowest BCUT2D eigenvalue weighted by Gasteiger charge is -2.26. The van der Waals surface area contributed by atoms with Crippen molar-refractivity contribution in [1.82, 2.24) is 0 Å². The molecule has 4 rings (SSSR count). The molecular weight excluding hydrogens is 475 g/mol. The zero-order chi connectivity index (χ0) is 19.0. The number of fused-ring (bicyclic) bond motifs is 1. The highest BCUT2D eigenvalue weighted by molar-refractivity contribution is 7.10. The maximum absolute atomic E-state index is 2.40. The zero-order valence-corrected chi connectivity index (χ0v) is 19.7. The van der Waals surface area contributed by atoms with E-state index in [2.05, 4.69) is 103 Å². The first-order chi connectivity index (χ1) is 13.1. The van der Waals surface area contributed by atoms with Crippen molar-refractivity contribution in [2.24, 2.45) is 0 Å². The van der Waals surface area contributed by atoms with E-state index in [1.807, 2.05) is 0 Å². The Hall–Kier alpha value is -1.92. The van der Waals surface area contributed by atoms with E-state index < -0.39 is 0 Å². The summed E-state index contributed by atoms with van der Waals surface area (Å²) >= 11 is 1.81. The molecule has 0 saturated carbocycles. The number of rotatable bonds is 3. The third kappa shape index (κ3) is 3.94. The van der Waals surface area contributed by atoms with Crippen LogP contribution in [0.3, 0.4) is 0 Å². The van der Waals surface area contributed by atoms with Crippen LogP contribution in [-0.2, 0) is 6.54 Å². The van der Waals surface area contributed by atoms with E-state index in [1.165, 1.54) is 44.3 Å². The average molecular weight is 500 g/mol. The van der Waals surface area contributed by atoms with Gasteiger partial charge >= 0.3 is 0 Å². The SMILES string of the molecule is CC[n+]1c(-c2ccc(C)cc2)csc1C=C1C=Cc2cc(C)ccc2N1C.[I-]. The molecule has 4 heteroatoms. The van der Waals surface area contributed by atoms with Gasteiger partial charge in [-0.1, -0.05) is 46.7 Å². The van der Waals surface area contributed by atoms with E-state index in [0.29, 0.717) is 0 Å². The molecule has 1 aliphatic rings. The van der Waals surface area contributed by atoms with E-state index in [0.717, 1.165) is 6.54 Å². The number of nitrogens with zero attached hydrogens (tertiary/aromatic N) is 2. The first-order valence-electron chi connectivity index (χ1n) is 9.39. The van der Waals surface area contributed by atoms with Gasteiger partial charge in [0.1, 0.15) is 6.54 Å². The van der Waals surface area contributed by atoms with Gasteiger partial charge in [0.2, 0.25) is 5.69 Å². The molecule has 0 atom stereocenters. The first kappa shape index (κ1) is 20.8. The summed E-state index contributed by atoms with van der Waals surface area (Å²) in [5.41, 5.74) is 8.90. The van der Waals surface area contributed by atoms with Crippen LogP contribution in [0.15, 0.2) is 59.6 Å². The predicted molar refractivity (Wildman–Crippen MR) is 117 cm³/mol. The Morgan fingerprint density at radius 3 is 2.43 bits per heavy atom. The highest BCUT2D eigenvalue weighted by Gasteiger charge is 2.21. The summed E-state index contributed by atoms with van der Waals surface area (Å²) in [5, 5.41) is 3.54. The van der Waals surface area contributed by atoms with Crippen LogP contribution in [0.5, 0.6) is 0 Å². The molecule has 1 aliphatic heterocycles. The third-order valence-electron chi connectivity index (χ3n) is 5.15. The van der Waals surface area contributed by atoms with Gasteiger partial charge in [-0.05, 0) is 56.7 Å². The largest absolute Gasteiger partial charge is 1.00 e. The molecular formula is C24H25IN2S. The van der Waals surface area contributed by atoms with Crippen molar-refractivity contribution in [2.45, 2.75) is 27.3 Å². The van der Waals surface area contributed by atoms with Gasteiger partial charge < -0.3 is 28.9 Å². The van der Waals surface area contributed by atoms with Crippen molar-refractivity contribution >= 4 is 29.2 Å². The lowest BCUT2D eigenvalue weighted by molar-refractivity contribution is -0.679. The summed E-state index contributed by atoms with van der Waals surface area (Å²) in [6, 6.07) is 15.4. The van der Waals surface area contributed by atoms with Crippen LogP contribution < -0.4 is 33.4 Å². The van der Waals surface area contributed by atoms with Crippen molar-refractivity contribution in [3.05, 3.63) is 81.3 Å². The lowest BCUT2D eigenvalue weighted by Crippen LogP contribution is -3.00. The molecule has 144 valence electrons.